The van der Waals surface area contributed by atoms with Gasteiger partial charge in [0, 0.05) is 23.8 Å². The van der Waals surface area contributed by atoms with Gasteiger partial charge in [-0.1, -0.05) is 57.2 Å². The van der Waals surface area contributed by atoms with E-state index in [1.54, 1.807) is 19.9 Å². The van der Waals surface area contributed by atoms with Crippen LogP contribution in [0.4, 0.5) is 4.79 Å². The quantitative estimate of drug-likeness (QED) is 0.159. The van der Waals surface area contributed by atoms with E-state index in [9.17, 15) is 19.2 Å². The number of imide groups is 1. The van der Waals surface area contributed by atoms with Crippen LogP contribution in [-0.4, -0.2) is 85.2 Å². The normalized spacial score (nSPS) is 27.6. The molecule has 4 unspecified atom stereocenters. The van der Waals surface area contributed by atoms with Crippen LogP contribution < -0.4 is 0 Å². The van der Waals surface area contributed by atoms with Crippen LogP contribution in [-0.2, 0) is 35.0 Å². The number of rotatable bonds is 15. The number of carbonyl (C=O) groups excluding carboxylic acids is 4. The molecule has 2 saturated heterocycles. The fourth-order valence-corrected chi connectivity index (χ4v) is 6.54. The summed E-state index contributed by atoms with van der Waals surface area (Å²) in [6.07, 6.45) is 2.98. The van der Waals surface area contributed by atoms with Crippen molar-refractivity contribution in [1.29, 1.82) is 0 Å². The van der Waals surface area contributed by atoms with E-state index in [1.165, 1.54) is 0 Å². The molecule has 0 aromatic heterocycles. The van der Waals surface area contributed by atoms with Gasteiger partial charge in [-0.15, -0.1) is 6.58 Å². The third-order valence-electron chi connectivity index (χ3n) is 9.02. The SMILES string of the molecule is C=CC[C@@H](C[C@@H](C)C=O)[C@H](O[C@@H]1OC(C)CC(N(C)C)C1C)[C@@H](C)C(=O)C(C)C(=O)N1C(=O)OC[C@H]1Cc1ccccc1. The van der Waals surface area contributed by atoms with Gasteiger partial charge in [0.1, 0.15) is 18.7 Å². The molecule has 0 spiro atoms. The Hall–Kier alpha value is -2.88. The van der Waals surface area contributed by atoms with Crippen LogP contribution in [0.15, 0.2) is 43.0 Å². The molecule has 0 aliphatic carbocycles. The highest BCUT2D eigenvalue weighted by Gasteiger charge is 2.45. The van der Waals surface area contributed by atoms with Crippen molar-refractivity contribution in [2.75, 3.05) is 20.7 Å². The average molecular weight is 599 g/mol. The zero-order chi connectivity index (χ0) is 31.8. The van der Waals surface area contributed by atoms with E-state index in [-0.39, 0.29) is 42.3 Å². The van der Waals surface area contributed by atoms with Crippen LogP contribution in [0.3, 0.4) is 0 Å². The molecule has 3 rings (SSSR count). The van der Waals surface area contributed by atoms with E-state index in [0.29, 0.717) is 19.3 Å². The van der Waals surface area contributed by atoms with Crippen LogP contribution in [0.2, 0.25) is 0 Å². The zero-order valence-corrected chi connectivity index (χ0v) is 26.8. The Kier molecular flexibility index (Phi) is 12.7. The molecule has 2 aliphatic heterocycles. The van der Waals surface area contributed by atoms with Crippen molar-refractivity contribution >= 4 is 24.1 Å². The van der Waals surface area contributed by atoms with E-state index < -0.39 is 42.3 Å². The second-order valence-electron chi connectivity index (χ2n) is 12.7. The number of ether oxygens (including phenoxy) is 3. The Bertz CT molecular complexity index is 1110. The molecule has 2 fully saturated rings. The van der Waals surface area contributed by atoms with Crippen molar-refractivity contribution in [2.24, 2.45) is 29.6 Å². The highest BCUT2D eigenvalue weighted by molar-refractivity contribution is 6.07. The minimum Gasteiger partial charge on any atom is -0.447 e. The molecule has 9 heteroatoms. The molecule has 1 aromatic rings. The number of allylic oxidation sites excluding steroid dienone is 1. The summed E-state index contributed by atoms with van der Waals surface area (Å²) >= 11 is 0. The van der Waals surface area contributed by atoms with Gasteiger partial charge in [-0.2, -0.15) is 0 Å². The van der Waals surface area contributed by atoms with Gasteiger partial charge in [0.15, 0.2) is 6.29 Å². The molecule has 0 N–H and O–H groups in total. The van der Waals surface area contributed by atoms with Gasteiger partial charge in [-0.05, 0) is 65.1 Å². The molecule has 1 aromatic carbocycles. The second kappa shape index (κ2) is 15.7. The summed E-state index contributed by atoms with van der Waals surface area (Å²) in [5.74, 6) is -3.19. The van der Waals surface area contributed by atoms with Crippen molar-refractivity contribution in [3.05, 3.63) is 48.6 Å². The van der Waals surface area contributed by atoms with Crippen LogP contribution in [0.1, 0.15) is 59.4 Å². The molecule has 2 heterocycles. The Balaban J connectivity index is 1.87. The Labute approximate surface area is 256 Å². The lowest BCUT2D eigenvalue weighted by atomic mass is 9.79. The zero-order valence-electron chi connectivity index (χ0n) is 26.8. The molecule has 238 valence electrons. The Morgan fingerprint density at radius 2 is 1.84 bits per heavy atom. The topological polar surface area (TPSA) is 102 Å². The van der Waals surface area contributed by atoms with Gasteiger partial charge in [-0.25, -0.2) is 9.69 Å². The molecule has 0 bridgehead atoms. The summed E-state index contributed by atoms with van der Waals surface area (Å²) in [6.45, 7) is 13.2. The maximum atomic E-state index is 14.1. The summed E-state index contributed by atoms with van der Waals surface area (Å²) < 4.78 is 18.3. The number of aldehydes is 1. The highest BCUT2D eigenvalue weighted by atomic mass is 16.7. The molecule has 0 radical (unpaired) electrons. The number of nitrogens with zero attached hydrogens (tertiary/aromatic N) is 2. The maximum absolute atomic E-state index is 14.1. The largest absolute Gasteiger partial charge is 0.447 e. The summed E-state index contributed by atoms with van der Waals surface area (Å²) in [6, 6.07) is 9.28. The Morgan fingerprint density at radius 3 is 2.44 bits per heavy atom. The van der Waals surface area contributed by atoms with Gasteiger partial charge in [0.25, 0.3) is 0 Å². The Morgan fingerprint density at radius 1 is 1.16 bits per heavy atom. The van der Waals surface area contributed by atoms with Crippen LogP contribution in [0.5, 0.6) is 0 Å². The van der Waals surface area contributed by atoms with E-state index in [1.807, 2.05) is 58.3 Å². The van der Waals surface area contributed by atoms with Crippen molar-refractivity contribution < 1.29 is 33.4 Å². The lowest BCUT2D eigenvalue weighted by molar-refractivity contribution is -0.260. The third-order valence-corrected chi connectivity index (χ3v) is 9.02. The van der Waals surface area contributed by atoms with Crippen molar-refractivity contribution in [2.45, 2.75) is 90.9 Å². The van der Waals surface area contributed by atoms with Gasteiger partial charge < -0.3 is 23.9 Å². The molecule has 9 nitrogen and oxygen atoms in total. The first-order chi connectivity index (χ1) is 20.4. The van der Waals surface area contributed by atoms with Crippen molar-refractivity contribution in [3.63, 3.8) is 0 Å². The number of benzene rings is 1. The number of Topliss-reactive ketones (excluding diaryl/α,β-unsaturated/α-hetero) is 1. The molecule has 10 atom stereocenters. The smallest absolute Gasteiger partial charge is 0.417 e. The third kappa shape index (κ3) is 8.61. The number of hydrogen-bond donors (Lipinski definition) is 0. The van der Waals surface area contributed by atoms with Crippen LogP contribution in [0, 0.1) is 29.6 Å². The predicted octanol–water partition coefficient (Wildman–Crippen LogP) is 4.92. The number of ketones is 1. The van der Waals surface area contributed by atoms with Gasteiger partial charge in [0.2, 0.25) is 5.91 Å². The van der Waals surface area contributed by atoms with Crippen LogP contribution >= 0.6 is 0 Å². The number of cyclic esters (lactones) is 1. The molecular weight excluding hydrogens is 548 g/mol. The monoisotopic (exact) mass is 598 g/mol. The summed E-state index contributed by atoms with van der Waals surface area (Å²) in [5.41, 5.74) is 0.966. The first-order valence-electron chi connectivity index (χ1n) is 15.5. The van der Waals surface area contributed by atoms with E-state index in [4.69, 9.17) is 14.2 Å². The number of carbonyl (C=O) groups is 4. The predicted molar refractivity (Wildman–Crippen MR) is 164 cm³/mol. The van der Waals surface area contributed by atoms with E-state index >= 15 is 0 Å². The minimum absolute atomic E-state index is 0.0149. The van der Waals surface area contributed by atoms with E-state index in [2.05, 4.69) is 18.4 Å². The fraction of sp³-hybridized carbons (Fsp3) is 0.647. The van der Waals surface area contributed by atoms with Crippen LogP contribution in [0.25, 0.3) is 0 Å². The van der Waals surface area contributed by atoms with Crippen molar-refractivity contribution in [1.82, 2.24) is 9.80 Å². The first-order valence-corrected chi connectivity index (χ1v) is 15.5. The minimum atomic E-state index is -1.10. The first kappa shape index (κ1) is 34.6. The van der Waals surface area contributed by atoms with Crippen molar-refractivity contribution in [3.8, 4) is 0 Å². The summed E-state index contributed by atoms with van der Waals surface area (Å²) in [7, 11) is 4.07. The molecule has 2 aliphatic rings. The lowest BCUT2D eigenvalue weighted by Gasteiger charge is -2.45. The van der Waals surface area contributed by atoms with Gasteiger partial charge in [-0.3, -0.25) is 9.59 Å². The summed E-state index contributed by atoms with van der Waals surface area (Å²) in [4.78, 5) is 55.4. The molecular formula is C34H50N2O7. The maximum Gasteiger partial charge on any atom is 0.417 e. The lowest BCUT2D eigenvalue weighted by Crippen LogP contribution is -2.52. The molecule has 43 heavy (non-hydrogen) atoms. The standard InChI is InChI=1S/C34H50N2O7/c1-9-13-27(16-21(2)19-37)31(43-33-23(4)29(35(7)8)17-22(3)42-33)24(5)30(38)25(6)32(39)36-28(20-41-34(36)40)18-26-14-11-10-12-15-26/h9-12,14-15,19,21-25,27-29,31,33H,1,13,16-18,20H2,2-8H3/t21-,22?,23?,24+,25?,27+,28-,29?,31-,33+/m1/s1. The fourth-order valence-electron chi connectivity index (χ4n) is 6.54. The highest BCUT2D eigenvalue weighted by Crippen LogP contribution is 2.35. The second-order valence-corrected chi connectivity index (χ2v) is 12.7. The summed E-state index contributed by atoms with van der Waals surface area (Å²) in [5, 5.41) is 0. The van der Waals surface area contributed by atoms with E-state index in [0.717, 1.165) is 23.2 Å². The average Bonchev–Trinajstić information content (AvgIpc) is 3.35. The molecule has 2 amide bonds. The van der Waals surface area contributed by atoms with Gasteiger partial charge in [0.05, 0.1) is 24.2 Å². The number of hydrogen-bond acceptors (Lipinski definition) is 8. The number of amides is 2. The van der Waals surface area contributed by atoms with Gasteiger partial charge >= 0.3 is 6.09 Å². The molecule has 0 saturated carbocycles.